The summed E-state index contributed by atoms with van der Waals surface area (Å²) in [4.78, 5) is 41.7. The molecule has 47 heavy (non-hydrogen) atoms. The van der Waals surface area contributed by atoms with E-state index in [2.05, 4.69) is 20.9 Å². The van der Waals surface area contributed by atoms with Crippen LogP contribution in [0, 0.1) is 29.6 Å². The van der Waals surface area contributed by atoms with E-state index in [0.717, 1.165) is 57.9 Å². The summed E-state index contributed by atoms with van der Waals surface area (Å²) in [6.45, 7) is 9.54. The first kappa shape index (κ1) is 37.9. The van der Waals surface area contributed by atoms with Crippen molar-refractivity contribution in [2.24, 2.45) is 29.6 Å². The highest BCUT2D eigenvalue weighted by Gasteiger charge is 2.42. The van der Waals surface area contributed by atoms with Crippen molar-refractivity contribution in [3.8, 4) is 0 Å². The SMILES string of the molecule is COC1CCC(COC(=O)NC[C@H](C)C(=O)N[C@@H](CC2CCCCC2)[C@H](O)CN2C[C@H]3CCCC[C@H]3C[C@H]2C(=O)NC(C)(C)C)CC1. The topological polar surface area (TPSA) is 129 Å². The molecule has 1 heterocycles. The van der Waals surface area contributed by atoms with Crippen LogP contribution in [0.2, 0.25) is 0 Å². The van der Waals surface area contributed by atoms with Crippen LogP contribution < -0.4 is 16.0 Å². The number of methoxy groups -OCH3 is 1. The van der Waals surface area contributed by atoms with E-state index in [9.17, 15) is 19.5 Å². The number of aliphatic hydroxyl groups is 1. The van der Waals surface area contributed by atoms with Crippen LogP contribution in [0.15, 0.2) is 0 Å². The predicted molar refractivity (Wildman–Crippen MR) is 184 cm³/mol. The van der Waals surface area contributed by atoms with Gasteiger partial charge in [-0.05, 0) is 89.4 Å². The third-order valence-electron chi connectivity index (χ3n) is 11.4. The molecule has 1 saturated heterocycles. The van der Waals surface area contributed by atoms with Crippen molar-refractivity contribution in [2.45, 2.75) is 154 Å². The third kappa shape index (κ3) is 12.2. The summed E-state index contributed by atoms with van der Waals surface area (Å²) in [6, 6.07) is -0.698. The zero-order valence-corrected chi connectivity index (χ0v) is 30.1. The molecule has 3 aliphatic carbocycles. The average molecular weight is 663 g/mol. The number of nitrogens with zero attached hydrogens (tertiary/aromatic N) is 1. The second-order valence-electron chi connectivity index (χ2n) is 16.4. The van der Waals surface area contributed by atoms with Gasteiger partial charge in [0.15, 0.2) is 0 Å². The molecule has 0 aromatic heterocycles. The van der Waals surface area contributed by atoms with Gasteiger partial charge in [0.1, 0.15) is 0 Å². The molecule has 4 fully saturated rings. The second kappa shape index (κ2) is 18.2. The van der Waals surface area contributed by atoms with Crippen molar-refractivity contribution in [3.05, 3.63) is 0 Å². The summed E-state index contributed by atoms with van der Waals surface area (Å²) >= 11 is 0. The normalized spacial score (nSPS) is 29.5. The molecule has 270 valence electrons. The fourth-order valence-corrected chi connectivity index (χ4v) is 8.52. The Hall–Kier alpha value is -1.91. The van der Waals surface area contributed by atoms with Crippen LogP contribution in [0.25, 0.3) is 0 Å². The van der Waals surface area contributed by atoms with E-state index in [0.29, 0.717) is 42.9 Å². The molecule has 3 saturated carbocycles. The molecule has 4 N–H and O–H groups in total. The Morgan fingerprint density at radius 2 is 1.55 bits per heavy atom. The number of ether oxygens (including phenoxy) is 2. The molecule has 0 aromatic carbocycles. The van der Waals surface area contributed by atoms with Crippen molar-refractivity contribution in [2.75, 3.05) is 33.4 Å². The number of likely N-dealkylation sites (tertiary alicyclic amines) is 1. The average Bonchev–Trinajstić information content (AvgIpc) is 3.05. The first-order valence-electron chi connectivity index (χ1n) is 18.9. The van der Waals surface area contributed by atoms with Crippen molar-refractivity contribution < 1.29 is 29.0 Å². The van der Waals surface area contributed by atoms with Gasteiger partial charge in [-0.25, -0.2) is 4.79 Å². The molecule has 3 amide bonds. The fraction of sp³-hybridized carbons (Fsp3) is 0.919. The predicted octanol–water partition coefficient (Wildman–Crippen LogP) is 5.17. The molecule has 10 nitrogen and oxygen atoms in total. The minimum atomic E-state index is -0.802. The zero-order chi connectivity index (χ0) is 34.0. The first-order valence-corrected chi connectivity index (χ1v) is 18.9. The van der Waals surface area contributed by atoms with E-state index < -0.39 is 24.2 Å². The number of hydrogen-bond acceptors (Lipinski definition) is 7. The molecule has 4 aliphatic rings. The largest absolute Gasteiger partial charge is 0.449 e. The van der Waals surface area contributed by atoms with Gasteiger partial charge in [-0.1, -0.05) is 58.3 Å². The van der Waals surface area contributed by atoms with E-state index in [-0.39, 0.29) is 29.9 Å². The quantitative estimate of drug-likeness (QED) is 0.214. The lowest BCUT2D eigenvalue weighted by molar-refractivity contribution is -0.133. The van der Waals surface area contributed by atoms with Gasteiger partial charge in [0.05, 0.1) is 36.8 Å². The Bertz CT molecular complexity index is 990. The molecule has 0 bridgehead atoms. The molecular formula is C37H66N4O6. The Morgan fingerprint density at radius 3 is 2.21 bits per heavy atom. The van der Waals surface area contributed by atoms with Gasteiger partial charge in [-0.2, -0.15) is 0 Å². The summed E-state index contributed by atoms with van der Waals surface area (Å²) in [5.74, 6) is 1.27. The van der Waals surface area contributed by atoms with Crippen LogP contribution in [0.3, 0.4) is 0 Å². The van der Waals surface area contributed by atoms with Gasteiger partial charge >= 0.3 is 6.09 Å². The number of aliphatic hydroxyl groups excluding tert-OH is 1. The van der Waals surface area contributed by atoms with Crippen molar-refractivity contribution in [1.29, 1.82) is 0 Å². The van der Waals surface area contributed by atoms with Gasteiger partial charge < -0.3 is 30.5 Å². The monoisotopic (exact) mass is 662 g/mol. The number of rotatable bonds is 13. The molecule has 1 aliphatic heterocycles. The number of hydrogen-bond donors (Lipinski definition) is 4. The summed E-state index contributed by atoms with van der Waals surface area (Å²) in [5, 5.41) is 21.0. The maximum absolute atomic E-state index is 13.6. The van der Waals surface area contributed by atoms with E-state index in [1.165, 1.54) is 44.9 Å². The van der Waals surface area contributed by atoms with Crippen LogP contribution in [-0.2, 0) is 19.1 Å². The maximum atomic E-state index is 13.6. The van der Waals surface area contributed by atoms with Gasteiger partial charge in [-0.3, -0.25) is 14.5 Å². The lowest BCUT2D eigenvalue weighted by Crippen LogP contribution is -2.60. The number of fused-ring (bicyclic) bond motifs is 1. The highest BCUT2D eigenvalue weighted by molar-refractivity contribution is 5.82. The molecule has 0 aromatic rings. The molecular weight excluding hydrogens is 596 g/mol. The lowest BCUT2D eigenvalue weighted by Gasteiger charge is -2.47. The van der Waals surface area contributed by atoms with Crippen LogP contribution in [0.5, 0.6) is 0 Å². The Kier molecular flexibility index (Phi) is 14.7. The van der Waals surface area contributed by atoms with Crippen LogP contribution in [-0.4, -0.2) is 91.1 Å². The standard InChI is InChI=1S/C37H66N4O6/c1-25(21-38-36(45)47-24-27-15-17-30(46-5)18-16-27)34(43)39-31(19-26-11-7-6-8-12-26)33(42)23-41-22-29-14-10-9-13-28(29)20-32(41)35(44)40-37(2,3)4/h25-33,42H,6-24H2,1-5H3,(H,38,45)(H,39,43)(H,40,44)/t25-,27?,28-,29+,30?,31-,32-,33+/m0/s1. The number of piperidine rings is 1. The molecule has 0 spiro atoms. The fourth-order valence-electron chi connectivity index (χ4n) is 8.52. The van der Waals surface area contributed by atoms with Crippen molar-refractivity contribution >= 4 is 17.9 Å². The number of amides is 3. The van der Waals surface area contributed by atoms with E-state index in [4.69, 9.17) is 9.47 Å². The Balaban J connectivity index is 1.34. The molecule has 10 heteroatoms. The highest BCUT2D eigenvalue weighted by atomic mass is 16.5. The molecule has 4 rings (SSSR count). The number of β-amino-alcohol motifs (C(OH)–C–C–N with tert-alkyl or cyclic N) is 1. The van der Waals surface area contributed by atoms with Crippen molar-refractivity contribution in [1.82, 2.24) is 20.9 Å². The van der Waals surface area contributed by atoms with Gasteiger partial charge in [0.2, 0.25) is 11.8 Å². The minimum Gasteiger partial charge on any atom is -0.449 e. The highest BCUT2D eigenvalue weighted by Crippen LogP contribution is 2.39. The Labute approximate surface area is 284 Å². The zero-order valence-electron chi connectivity index (χ0n) is 30.1. The van der Waals surface area contributed by atoms with E-state index in [1.54, 1.807) is 14.0 Å². The van der Waals surface area contributed by atoms with Gasteiger partial charge in [0.25, 0.3) is 0 Å². The number of carbonyl (C=O) groups excluding carboxylic acids is 3. The summed E-state index contributed by atoms with van der Waals surface area (Å²) in [7, 11) is 1.75. The van der Waals surface area contributed by atoms with Gasteiger partial charge in [-0.15, -0.1) is 0 Å². The summed E-state index contributed by atoms with van der Waals surface area (Å²) < 4.78 is 10.9. The van der Waals surface area contributed by atoms with Gasteiger partial charge in [0, 0.05) is 32.3 Å². The van der Waals surface area contributed by atoms with Crippen LogP contribution in [0.4, 0.5) is 4.79 Å². The molecule has 6 atom stereocenters. The Morgan fingerprint density at radius 1 is 0.894 bits per heavy atom. The smallest absolute Gasteiger partial charge is 0.407 e. The van der Waals surface area contributed by atoms with Crippen molar-refractivity contribution in [3.63, 3.8) is 0 Å². The van der Waals surface area contributed by atoms with Crippen LogP contribution in [0.1, 0.15) is 124 Å². The lowest BCUT2D eigenvalue weighted by atomic mass is 9.72. The number of nitrogens with one attached hydrogen (secondary N) is 3. The van der Waals surface area contributed by atoms with E-state index in [1.807, 2.05) is 20.8 Å². The third-order valence-corrected chi connectivity index (χ3v) is 11.4. The van der Waals surface area contributed by atoms with E-state index >= 15 is 0 Å². The summed E-state index contributed by atoms with van der Waals surface area (Å²) in [5.41, 5.74) is -0.331. The minimum absolute atomic E-state index is 0.0378. The number of alkyl carbamates (subject to hydrolysis) is 1. The molecule has 0 radical (unpaired) electrons. The summed E-state index contributed by atoms with van der Waals surface area (Å²) in [6.07, 6.45) is 15.1. The molecule has 0 unspecified atom stereocenters. The second-order valence-corrected chi connectivity index (χ2v) is 16.4. The number of carbonyl (C=O) groups is 3. The maximum Gasteiger partial charge on any atom is 0.407 e. The first-order chi connectivity index (χ1) is 22.4. The van der Waals surface area contributed by atoms with Crippen LogP contribution >= 0.6 is 0 Å².